The largest absolute Gasteiger partial charge is 0.378 e. The highest BCUT2D eigenvalue weighted by molar-refractivity contribution is 5.90. The highest BCUT2D eigenvalue weighted by Crippen LogP contribution is 2.06. The molecule has 2 heterocycles. The summed E-state index contributed by atoms with van der Waals surface area (Å²) < 4.78 is 6.92. The summed E-state index contributed by atoms with van der Waals surface area (Å²) in [6.45, 7) is 4.69. The van der Waals surface area contributed by atoms with Gasteiger partial charge in [0.2, 0.25) is 5.91 Å². The third-order valence-electron chi connectivity index (χ3n) is 3.16. The monoisotopic (exact) mass is 279 g/mol. The summed E-state index contributed by atoms with van der Waals surface area (Å²) in [7, 11) is 0. The molecule has 1 amide bonds. The lowest BCUT2D eigenvalue weighted by Crippen LogP contribution is -2.43. The molecule has 110 valence electrons. The van der Waals surface area contributed by atoms with E-state index in [1.54, 1.807) is 16.8 Å². The summed E-state index contributed by atoms with van der Waals surface area (Å²) in [5.41, 5.74) is 0.604. The Kier molecular flexibility index (Phi) is 5.31. The van der Waals surface area contributed by atoms with Crippen LogP contribution in [0.4, 0.5) is 5.69 Å². The second-order valence-electron chi connectivity index (χ2n) is 4.93. The first kappa shape index (κ1) is 14.7. The third kappa shape index (κ3) is 4.18. The van der Waals surface area contributed by atoms with E-state index in [0.29, 0.717) is 31.9 Å². The van der Waals surface area contributed by atoms with Gasteiger partial charge in [0, 0.05) is 37.8 Å². The molecule has 1 fully saturated rings. The van der Waals surface area contributed by atoms with Crippen molar-refractivity contribution in [3.8, 4) is 0 Å². The third-order valence-corrected chi connectivity index (χ3v) is 3.16. The maximum Gasteiger partial charge on any atom is 0.250 e. The molecule has 0 spiro atoms. The van der Waals surface area contributed by atoms with Gasteiger partial charge in [0.1, 0.15) is 0 Å². The second-order valence-corrected chi connectivity index (χ2v) is 4.93. The van der Waals surface area contributed by atoms with Crippen LogP contribution in [-0.4, -0.2) is 36.3 Å². The van der Waals surface area contributed by atoms with Crippen LogP contribution in [0.25, 0.3) is 0 Å². The Morgan fingerprint density at radius 2 is 2.40 bits per heavy atom. The number of anilines is 1. The molecule has 1 aliphatic rings. The molecule has 1 unspecified atom stereocenters. The number of nitrogens with zero attached hydrogens (tertiary/aromatic N) is 1. The first-order valence-electron chi connectivity index (χ1n) is 7.00. The molecular weight excluding hydrogens is 258 g/mol. The van der Waals surface area contributed by atoms with Crippen LogP contribution in [0.2, 0.25) is 0 Å². The molecule has 0 radical (unpaired) electrons. The zero-order valence-corrected chi connectivity index (χ0v) is 11.7. The average Bonchev–Trinajstić information content (AvgIpc) is 2.44. The molecule has 6 heteroatoms. The Morgan fingerprint density at radius 3 is 3.10 bits per heavy atom. The molecule has 0 aromatic carbocycles. The number of pyridine rings is 1. The lowest BCUT2D eigenvalue weighted by atomic mass is 10.2. The van der Waals surface area contributed by atoms with Gasteiger partial charge in [-0.25, -0.2) is 0 Å². The van der Waals surface area contributed by atoms with Crippen molar-refractivity contribution >= 4 is 11.6 Å². The Hall–Kier alpha value is -1.66. The van der Waals surface area contributed by atoms with Gasteiger partial charge in [-0.05, 0) is 12.5 Å². The number of nitrogens with one attached hydrogen (secondary N) is 2. The number of aryl methyl sites for hydroxylation is 1. The highest BCUT2D eigenvalue weighted by Gasteiger charge is 2.16. The number of carbonyl (C=O) groups is 1. The highest BCUT2D eigenvalue weighted by atomic mass is 16.5. The van der Waals surface area contributed by atoms with Gasteiger partial charge in [-0.1, -0.05) is 6.92 Å². The van der Waals surface area contributed by atoms with E-state index in [9.17, 15) is 9.59 Å². The smallest absolute Gasteiger partial charge is 0.250 e. The number of carbonyl (C=O) groups excluding carboxylic acids is 1. The quantitative estimate of drug-likeness (QED) is 0.827. The van der Waals surface area contributed by atoms with Crippen LogP contribution in [0.5, 0.6) is 0 Å². The molecule has 0 saturated carbocycles. The summed E-state index contributed by atoms with van der Waals surface area (Å²) in [6, 6.07) is 3.18. The molecule has 1 aliphatic heterocycles. The molecule has 1 saturated heterocycles. The van der Waals surface area contributed by atoms with Crippen LogP contribution >= 0.6 is 0 Å². The van der Waals surface area contributed by atoms with Gasteiger partial charge in [-0.2, -0.15) is 0 Å². The minimum atomic E-state index is -0.0744. The fourth-order valence-electron chi connectivity index (χ4n) is 2.21. The maximum atomic E-state index is 11.9. The van der Waals surface area contributed by atoms with Crippen LogP contribution < -0.4 is 16.2 Å². The number of ether oxygens (including phenoxy) is 1. The van der Waals surface area contributed by atoms with Crippen molar-refractivity contribution in [2.75, 3.05) is 25.1 Å². The van der Waals surface area contributed by atoms with Gasteiger partial charge in [0.05, 0.1) is 18.9 Å². The molecule has 20 heavy (non-hydrogen) atoms. The van der Waals surface area contributed by atoms with E-state index in [0.717, 1.165) is 13.0 Å². The summed E-state index contributed by atoms with van der Waals surface area (Å²) in [4.78, 5) is 23.5. The average molecular weight is 279 g/mol. The second kappa shape index (κ2) is 7.21. The van der Waals surface area contributed by atoms with Crippen LogP contribution in [0.1, 0.15) is 19.8 Å². The lowest BCUT2D eigenvalue weighted by Gasteiger charge is -2.23. The van der Waals surface area contributed by atoms with Crippen molar-refractivity contribution in [3.63, 3.8) is 0 Å². The normalized spacial score (nSPS) is 18.8. The lowest BCUT2D eigenvalue weighted by molar-refractivity contribution is -0.117. The SMILES string of the molecule is CCCn1cc(NC(=O)CC2COCCN2)ccc1=O. The fourth-order valence-corrected chi connectivity index (χ4v) is 2.21. The first-order valence-corrected chi connectivity index (χ1v) is 7.00. The zero-order valence-electron chi connectivity index (χ0n) is 11.7. The number of aromatic nitrogens is 1. The van der Waals surface area contributed by atoms with E-state index in [4.69, 9.17) is 4.74 Å². The summed E-state index contributed by atoms with van der Waals surface area (Å²) in [5.74, 6) is -0.0744. The molecular formula is C14H21N3O3. The van der Waals surface area contributed by atoms with E-state index in [-0.39, 0.29) is 17.5 Å². The number of hydrogen-bond donors (Lipinski definition) is 2. The Bertz CT molecular complexity index is 507. The van der Waals surface area contributed by atoms with Gasteiger partial charge in [0.25, 0.3) is 5.56 Å². The first-order chi connectivity index (χ1) is 9.69. The van der Waals surface area contributed by atoms with Crippen molar-refractivity contribution in [1.29, 1.82) is 0 Å². The zero-order chi connectivity index (χ0) is 14.4. The maximum absolute atomic E-state index is 11.9. The van der Waals surface area contributed by atoms with E-state index < -0.39 is 0 Å². The summed E-state index contributed by atoms with van der Waals surface area (Å²) in [6.07, 6.45) is 2.93. The Balaban J connectivity index is 1.93. The predicted molar refractivity (Wildman–Crippen MR) is 76.8 cm³/mol. The van der Waals surface area contributed by atoms with E-state index in [2.05, 4.69) is 10.6 Å². The molecule has 6 nitrogen and oxygen atoms in total. The number of amides is 1. The van der Waals surface area contributed by atoms with Gasteiger partial charge in [-0.3, -0.25) is 9.59 Å². The molecule has 1 atom stereocenters. The van der Waals surface area contributed by atoms with Crippen molar-refractivity contribution < 1.29 is 9.53 Å². The topological polar surface area (TPSA) is 72.4 Å². The number of morpholine rings is 1. The van der Waals surface area contributed by atoms with Crippen LogP contribution in [0.15, 0.2) is 23.1 Å². The molecule has 2 N–H and O–H groups in total. The fraction of sp³-hybridized carbons (Fsp3) is 0.571. The summed E-state index contributed by atoms with van der Waals surface area (Å²) in [5, 5.41) is 6.06. The van der Waals surface area contributed by atoms with Gasteiger partial charge < -0.3 is 19.9 Å². The van der Waals surface area contributed by atoms with Crippen molar-refractivity contribution in [2.24, 2.45) is 0 Å². The predicted octanol–water partition coefficient (Wildman–Crippen LogP) is 0.575. The van der Waals surface area contributed by atoms with Crippen molar-refractivity contribution in [1.82, 2.24) is 9.88 Å². The molecule has 0 bridgehead atoms. The van der Waals surface area contributed by atoms with E-state index in [1.807, 2.05) is 6.92 Å². The van der Waals surface area contributed by atoms with Gasteiger partial charge in [0.15, 0.2) is 0 Å². The summed E-state index contributed by atoms with van der Waals surface area (Å²) >= 11 is 0. The molecule has 1 aromatic rings. The Labute approximate surface area is 118 Å². The van der Waals surface area contributed by atoms with Crippen molar-refractivity contribution in [3.05, 3.63) is 28.7 Å². The van der Waals surface area contributed by atoms with E-state index >= 15 is 0 Å². The van der Waals surface area contributed by atoms with Crippen molar-refractivity contribution in [2.45, 2.75) is 32.4 Å². The van der Waals surface area contributed by atoms with E-state index in [1.165, 1.54) is 6.07 Å². The number of hydrogen-bond acceptors (Lipinski definition) is 4. The minimum Gasteiger partial charge on any atom is -0.378 e. The van der Waals surface area contributed by atoms with Gasteiger partial charge >= 0.3 is 0 Å². The number of rotatable bonds is 5. The Morgan fingerprint density at radius 1 is 1.55 bits per heavy atom. The molecule has 0 aliphatic carbocycles. The minimum absolute atomic E-state index is 0.0489. The molecule has 2 rings (SSSR count). The van der Waals surface area contributed by atoms with Gasteiger partial charge in [-0.15, -0.1) is 0 Å². The van der Waals surface area contributed by atoms with Crippen LogP contribution in [0.3, 0.4) is 0 Å². The standard InChI is InChI=1S/C14H21N3O3/c1-2-6-17-9-11(3-4-14(17)19)16-13(18)8-12-10-20-7-5-15-12/h3-4,9,12,15H,2,5-8,10H2,1H3,(H,16,18). The van der Waals surface area contributed by atoms with Crippen LogP contribution in [-0.2, 0) is 16.1 Å². The van der Waals surface area contributed by atoms with Crippen LogP contribution in [0, 0.1) is 0 Å². The molecule has 1 aromatic heterocycles.